The molecule has 4 unspecified atom stereocenters. The van der Waals surface area contributed by atoms with Crippen molar-refractivity contribution in [3.8, 4) is 0 Å². The van der Waals surface area contributed by atoms with Gasteiger partial charge in [-0.05, 0) is 102 Å². The molecular weight excluding hydrogens is 862 g/mol. The molecule has 6 N–H and O–H groups in total. The van der Waals surface area contributed by atoms with Gasteiger partial charge in [-0.25, -0.2) is 33.3 Å². The highest BCUT2D eigenvalue weighted by Crippen LogP contribution is 2.15. The normalized spacial score (nSPS) is 9.45. The summed E-state index contributed by atoms with van der Waals surface area (Å²) in [6.07, 6.45) is 7.70. The summed E-state index contributed by atoms with van der Waals surface area (Å²) in [4.78, 5) is 75.3. The Morgan fingerprint density at radius 1 is 0.925 bits per heavy atom. The number of rotatable bonds is 7. The van der Waals surface area contributed by atoms with Crippen molar-refractivity contribution in [1.82, 2.24) is 33.3 Å². The average molecular weight is 926 g/mol. The molecule has 0 aliphatic carbocycles. The van der Waals surface area contributed by atoms with Crippen LogP contribution in [0.25, 0.3) is 0 Å². The zero-order chi connectivity index (χ0) is 38.2. The van der Waals surface area contributed by atoms with Crippen molar-refractivity contribution in [2.24, 2.45) is 21.2 Å². The molecule has 0 spiro atoms. The maximum Gasteiger partial charge on any atom is 0.354 e. The number of nitrogens with one attached hydrogen (secondary N) is 2. The van der Waals surface area contributed by atoms with Gasteiger partial charge in [0.15, 0.2) is 20.6 Å². The molecule has 0 saturated carbocycles. The van der Waals surface area contributed by atoms with Crippen molar-refractivity contribution in [2.45, 2.75) is 81.2 Å². The van der Waals surface area contributed by atoms with Crippen molar-refractivity contribution in [3.05, 3.63) is 41.9 Å². The van der Waals surface area contributed by atoms with Crippen LogP contribution in [0.3, 0.4) is 0 Å². The molecule has 0 aromatic carbocycles. The second-order valence-electron chi connectivity index (χ2n) is 7.14. The molecular formula is C27H64ClN11O6P4S4. The van der Waals surface area contributed by atoms with Crippen LogP contribution in [0.2, 0.25) is 0 Å². The van der Waals surface area contributed by atoms with Gasteiger partial charge in [0.1, 0.15) is 0 Å². The Morgan fingerprint density at radius 2 is 1.38 bits per heavy atom. The smallest absolute Gasteiger partial charge is 0.354 e. The molecule has 26 heteroatoms. The van der Waals surface area contributed by atoms with Crippen LogP contribution in [-0.2, 0) is 11.3 Å². The number of hydrogen-bond acceptors (Lipinski definition) is 13. The minimum absolute atomic E-state index is 0. The zero-order valence-corrected chi connectivity index (χ0v) is 36.2. The lowest BCUT2D eigenvalue weighted by atomic mass is 10.6. The molecule has 0 radical (unpaired) electrons. The molecule has 2 heterocycles. The number of amidine groups is 1. The maximum atomic E-state index is 11.7. The molecule has 0 aliphatic rings. The number of aromatic amines is 1. The van der Waals surface area contributed by atoms with E-state index in [1.165, 1.54) is 50.4 Å². The SMILES string of the molecule is C.C.C.C.C.CCC.CCn1c(=O)nc(SC)n(PC)c1=O.CPN=C(N)SC.CPNC(N)=S.CPn1c(SC)nc(=O)[nH]c1=O.O=C=NC(=O)Cl. The summed E-state index contributed by atoms with van der Waals surface area (Å²) in [7, 11) is 1.78. The van der Waals surface area contributed by atoms with E-state index in [9.17, 15) is 24.0 Å². The van der Waals surface area contributed by atoms with Crippen molar-refractivity contribution in [1.29, 1.82) is 0 Å². The first-order valence-corrected chi connectivity index (χ1v) is 23.3. The van der Waals surface area contributed by atoms with Crippen molar-refractivity contribution < 1.29 is 9.59 Å². The van der Waals surface area contributed by atoms with Crippen LogP contribution >= 0.6 is 94.0 Å². The highest BCUT2D eigenvalue weighted by molar-refractivity contribution is 8.13. The molecule has 53 heavy (non-hydrogen) atoms. The average Bonchev–Trinajstić information content (AvgIpc) is 3.02. The molecule has 0 fully saturated rings. The Bertz CT molecular complexity index is 1540. The Morgan fingerprint density at radius 3 is 1.62 bits per heavy atom. The quantitative estimate of drug-likeness (QED) is 0.0355. The van der Waals surface area contributed by atoms with E-state index in [2.05, 4.69) is 67.5 Å². The first kappa shape index (κ1) is 72.7. The van der Waals surface area contributed by atoms with E-state index in [-0.39, 0.29) is 57.2 Å². The van der Waals surface area contributed by atoms with Gasteiger partial charge in [0.25, 0.3) is 0 Å². The third-order valence-electron chi connectivity index (χ3n) is 3.78. The number of aliphatic imine (C=N–C) groups is 1. The molecule has 4 atom stereocenters. The van der Waals surface area contributed by atoms with E-state index >= 15 is 0 Å². The number of thioether (sulfide) groups is 3. The van der Waals surface area contributed by atoms with E-state index in [1.807, 2.05) is 32.9 Å². The molecule has 0 bridgehead atoms. The first-order chi connectivity index (χ1) is 22.6. The van der Waals surface area contributed by atoms with Gasteiger partial charge >= 0.3 is 28.1 Å². The number of nitrogens with two attached hydrogens (primary N) is 2. The fourth-order valence-electron chi connectivity index (χ4n) is 2.12. The van der Waals surface area contributed by atoms with E-state index in [0.717, 1.165) is 10.6 Å². The lowest BCUT2D eigenvalue weighted by Crippen LogP contribution is -2.39. The van der Waals surface area contributed by atoms with E-state index in [0.29, 0.717) is 53.3 Å². The number of isocyanates is 1. The monoisotopic (exact) mass is 925 g/mol. The van der Waals surface area contributed by atoms with Gasteiger partial charge in [0, 0.05) is 15.3 Å². The largest absolute Gasteiger partial charge is 0.378 e. The molecule has 17 nitrogen and oxygen atoms in total. The summed E-state index contributed by atoms with van der Waals surface area (Å²) in [5, 5.41) is 3.73. The Balaban J connectivity index is -0.0000000650. The number of carbonyl (C=O) groups is 1. The minimum Gasteiger partial charge on any atom is -0.378 e. The number of hydrogen-bond donors (Lipinski definition) is 4. The van der Waals surface area contributed by atoms with E-state index in [1.54, 1.807) is 19.4 Å². The second-order valence-corrected chi connectivity index (χ2v) is 13.5. The van der Waals surface area contributed by atoms with Gasteiger partial charge in [-0.3, -0.25) is 18.5 Å². The second kappa shape index (κ2) is 48.5. The van der Waals surface area contributed by atoms with Gasteiger partial charge in [0.05, 0.1) is 0 Å². The Kier molecular flexibility index (Phi) is 66.5. The minimum atomic E-state index is -1.04. The van der Waals surface area contributed by atoms with Gasteiger partial charge in [-0.15, -0.1) is 4.99 Å². The summed E-state index contributed by atoms with van der Waals surface area (Å²) in [5.41, 5.74) is 8.63. The lowest BCUT2D eigenvalue weighted by Gasteiger charge is -2.08. The van der Waals surface area contributed by atoms with Crippen molar-refractivity contribution in [3.63, 3.8) is 0 Å². The highest BCUT2D eigenvalue weighted by Gasteiger charge is 2.09. The molecule has 0 aliphatic heterocycles. The molecule has 314 valence electrons. The van der Waals surface area contributed by atoms with Crippen LogP contribution in [0.4, 0.5) is 4.79 Å². The van der Waals surface area contributed by atoms with Gasteiger partial charge in [-0.2, -0.15) is 9.97 Å². The van der Waals surface area contributed by atoms with Gasteiger partial charge in [-0.1, -0.05) is 92.7 Å². The van der Waals surface area contributed by atoms with Gasteiger partial charge in [0.2, 0.25) is 6.08 Å². The van der Waals surface area contributed by atoms with Crippen molar-refractivity contribution >= 4 is 116 Å². The Hall–Kier alpha value is -1.51. The summed E-state index contributed by atoms with van der Waals surface area (Å²) in [5.74, 6) is 0. The first-order valence-electron chi connectivity index (χ1n) is 13.0. The van der Waals surface area contributed by atoms with Crippen LogP contribution in [0.15, 0.2) is 39.2 Å². The van der Waals surface area contributed by atoms with Crippen LogP contribution in [0.1, 0.15) is 64.3 Å². The van der Waals surface area contributed by atoms with Gasteiger partial charge < -0.3 is 16.6 Å². The predicted octanol–water partition coefficient (Wildman–Crippen LogP) is 6.15. The number of aromatic nitrogens is 6. The number of nitrogens with zero attached hydrogens (tertiary/aromatic N) is 7. The van der Waals surface area contributed by atoms with E-state index < -0.39 is 16.7 Å². The highest BCUT2D eigenvalue weighted by atomic mass is 35.5. The number of halogens is 1. The fraction of sp³-hybridized carbons (Fsp3) is 0.630. The predicted molar refractivity (Wildman–Crippen MR) is 253 cm³/mol. The van der Waals surface area contributed by atoms with Crippen LogP contribution < -0.4 is 39.3 Å². The van der Waals surface area contributed by atoms with Crippen LogP contribution in [-0.4, -0.2) is 95.3 Å². The Labute approximate surface area is 346 Å². The van der Waals surface area contributed by atoms with Crippen molar-refractivity contribution in [2.75, 3.05) is 45.4 Å². The zero-order valence-electron chi connectivity index (χ0n) is 28.2. The fourth-order valence-corrected chi connectivity index (χ4v) is 6.59. The number of carbonyl (C=O) groups excluding carboxylic acids is 2. The molecule has 0 saturated heterocycles. The topological polar surface area (TPSA) is 248 Å². The molecule has 2 aromatic heterocycles. The summed E-state index contributed by atoms with van der Waals surface area (Å²) in [6, 6.07) is 0. The molecule has 2 aromatic rings. The maximum absolute atomic E-state index is 11.7. The summed E-state index contributed by atoms with van der Waals surface area (Å²) in [6.45, 7) is 14.1. The number of H-pyrrole nitrogens is 1. The standard InChI is InChI=1S/C7H12N3O2PS.C5H8N3O2PS.C3H9N2PS.C3H8.C2ClNO2.C2H7N2PS.5CH4/c1-4-9-5(11)8-6(14-3)10(13-2)7(9)12;1-11-8-4(10)6-3(9)7-5(8)12-2;1-6-5-3(4)7-2;1-3-2;3-2(6)4-1-5;1-5-4-2(3)6;;;;;/h13H,4H2,1-3H3;11H,1-2H3,(H,6,9,10);6H,1-2H3,(H2,4,5);3H2,1-2H3;;5H,1H3,(H3,3,4,6);5*1H4. The summed E-state index contributed by atoms with van der Waals surface area (Å²) >= 11 is 13.1. The third kappa shape index (κ3) is 38.6. The van der Waals surface area contributed by atoms with Crippen LogP contribution in [0, 0.1) is 0 Å². The van der Waals surface area contributed by atoms with E-state index in [4.69, 9.17) is 16.3 Å². The summed E-state index contributed by atoms with van der Waals surface area (Å²) < 4.78 is 8.02. The lowest BCUT2D eigenvalue weighted by molar-refractivity contribution is 0.266. The number of thiocarbonyl (C=S) groups is 1. The third-order valence-corrected chi connectivity index (χ3v) is 9.12. The number of amides is 1. The molecule has 2 rings (SSSR count). The van der Waals surface area contributed by atoms with Crippen LogP contribution in [0.5, 0.6) is 0 Å². The molecule has 1 amide bonds.